The van der Waals surface area contributed by atoms with Crippen molar-refractivity contribution in [1.82, 2.24) is 0 Å². The fourth-order valence-corrected chi connectivity index (χ4v) is 2.09. The molecule has 0 aliphatic rings. The molecule has 0 atom stereocenters. The molecule has 0 saturated heterocycles. The van der Waals surface area contributed by atoms with E-state index < -0.39 is 5.97 Å². The predicted octanol–water partition coefficient (Wildman–Crippen LogP) is 3.94. The molecule has 2 aromatic rings. The minimum atomic E-state index is -0.929. The molecule has 21 heavy (non-hydrogen) atoms. The van der Waals surface area contributed by atoms with E-state index in [1.165, 1.54) is 0 Å². The zero-order chi connectivity index (χ0) is 15.2. The zero-order valence-corrected chi connectivity index (χ0v) is 12.0. The minimum Gasteiger partial charge on any atom is -0.497 e. The predicted molar refractivity (Wildman–Crippen MR) is 83.5 cm³/mol. The van der Waals surface area contributed by atoms with Gasteiger partial charge in [0.1, 0.15) is 5.75 Å². The smallest absolute Gasteiger partial charge is 0.330 e. The Hall–Kier alpha value is -2.55. The van der Waals surface area contributed by atoms with Gasteiger partial charge in [-0.3, -0.25) is 0 Å². The first-order chi connectivity index (χ1) is 10.1. The van der Waals surface area contributed by atoms with Crippen molar-refractivity contribution in [2.45, 2.75) is 12.8 Å². The van der Waals surface area contributed by atoms with Gasteiger partial charge in [-0.1, -0.05) is 43.0 Å². The van der Waals surface area contributed by atoms with E-state index in [-0.39, 0.29) is 5.57 Å². The Labute approximate surface area is 124 Å². The van der Waals surface area contributed by atoms with Crippen LogP contribution < -0.4 is 4.74 Å². The van der Waals surface area contributed by atoms with Gasteiger partial charge in [0.25, 0.3) is 0 Å². The number of rotatable bonds is 6. The van der Waals surface area contributed by atoms with Gasteiger partial charge >= 0.3 is 5.97 Å². The van der Waals surface area contributed by atoms with Gasteiger partial charge < -0.3 is 9.84 Å². The SMILES string of the molecule is C=C(CCc1cccc(-c2ccc(OC)cc2)c1)C(=O)O. The molecule has 0 aliphatic heterocycles. The molecule has 0 amide bonds. The number of aliphatic carboxylic acids is 1. The number of carboxylic acids is 1. The number of aryl methyl sites for hydroxylation is 1. The molecule has 0 heterocycles. The standard InChI is InChI=1S/C18H18O3/c1-13(18(19)20)6-7-14-4-3-5-16(12-14)15-8-10-17(21-2)11-9-15/h3-5,8-12H,1,6-7H2,2H3,(H,19,20). The summed E-state index contributed by atoms with van der Waals surface area (Å²) in [5.74, 6) is -0.103. The Morgan fingerprint density at radius 2 is 1.86 bits per heavy atom. The highest BCUT2D eigenvalue weighted by atomic mass is 16.5. The highest BCUT2D eigenvalue weighted by Gasteiger charge is 2.05. The van der Waals surface area contributed by atoms with Gasteiger partial charge in [0.2, 0.25) is 0 Å². The van der Waals surface area contributed by atoms with E-state index >= 15 is 0 Å². The first kappa shape index (κ1) is 14.9. The second kappa shape index (κ2) is 6.75. The lowest BCUT2D eigenvalue weighted by Gasteiger charge is -2.07. The summed E-state index contributed by atoms with van der Waals surface area (Å²) in [7, 11) is 1.64. The minimum absolute atomic E-state index is 0.241. The molecule has 3 nitrogen and oxygen atoms in total. The van der Waals surface area contributed by atoms with Gasteiger partial charge in [-0.15, -0.1) is 0 Å². The van der Waals surface area contributed by atoms with Crippen LogP contribution in [0.15, 0.2) is 60.7 Å². The molecule has 0 bridgehead atoms. The average Bonchev–Trinajstić information content (AvgIpc) is 2.53. The summed E-state index contributed by atoms with van der Waals surface area (Å²) in [5, 5.41) is 8.83. The van der Waals surface area contributed by atoms with Crippen LogP contribution in [-0.2, 0) is 11.2 Å². The molecule has 0 spiro atoms. The van der Waals surface area contributed by atoms with Crippen LogP contribution in [0.4, 0.5) is 0 Å². The van der Waals surface area contributed by atoms with Crippen LogP contribution in [0.5, 0.6) is 5.75 Å². The maximum atomic E-state index is 10.8. The van der Waals surface area contributed by atoms with E-state index in [0.717, 1.165) is 22.4 Å². The molecule has 0 fully saturated rings. The van der Waals surface area contributed by atoms with Gasteiger partial charge in [-0.05, 0) is 41.7 Å². The number of benzene rings is 2. The van der Waals surface area contributed by atoms with E-state index in [1.807, 2.05) is 42.5 Å². The number of carbonyl (C=O) groups is 1. The van der Waals surface area contributed by atoms with E-state index in [0.29, 0.717) is 12.8 Å². The highest BCUT2D eigenvalue weighted by molar-refractivity contribution is 5.85. The number of hydrogen-bond donors (Lipinski definition) is 1. The fourth-order valence-electron chi connectivity index (χ4n) is 2.09. The van der Waals surface area contributed by atoms with Crippen molar-refractivity contribution in [3.63, 3.8) is 0 Å². The number of carboxylic acid groups (broad SMARTS) is 1. The van der Waals surface area contributed by atoms with Crippen LogP contribution in [0.2, 0.25) is 0 Å². The summed E-state index contributed by atoms with van der Waals surface area (Å²) in [6.45, 7) is 3.56. The van der Waals surface area contributed by atoms with Crippen LogP contribution in [0.25, 0.3) is 11.1 Å². The van der Waals surface area contributed by atoms with E-state index in [2.05, 4.69) is 12.6 Å². The van der Waals surface area contributed by atoms with Crippen LogP contribution in [-0.4, -0.2) is 18.2 Å². The van der Waals surface area contributed by atoms with Gasteiger partial charge in [-0.25, -0.2) is 4.79 Å². The van der Waals surface area contributed by atoms with Crippen molar-refractivity contribution in [2.75, 3.05) is 7.11 Å². The summed E-state index contributed by atoms with van der Waals surface area (Å²) in [6, 6.07) is 16.0. The van der Waals surface area contributed by atoms with E-state index in [4.69, 9.17) is 9.84 Å². The van der Waals surface area contributed by atoms with Crippen LogP contribution >= 0.6 is 0 Å². The second-order valence-corrected chi connectivity index (χ2v) is 4.84. The molecule has 0 aromatic heterocycles. The molecule has 1 N–H and O–H groups in total. The second-order valence-electron chi connectivity index (χ2n) is 4.84. The summed E-state index contributed by atoms with van der Waals surface area (Å²) < 4.78 is 5.15. The lowest BCUT2D eigenvalue weighted by Crippen LogP contribution is -2.00. The summed E-state index contributed by atoms with van der Waals surface area (Å²) in [5.41, 5.74) is 3.56. The van der Waals surface area contributed by atoms with Crippen molar-refractivity contribution in [2.24, 2.45) is 0 Å². The first-order valence-electron chi connectivity index (χ1n) is 6.74. The summed E-state index contributed by atoms with van der Waals surface area (Å²) in [6.07, 6.45) is 1.14. The van der Waals surface area contributed by atoms with Crippen molar-refractivity contribution < 1.29 is 14.6 Å². The Morgan fingerprint density at radius 1 is 1.14 bits per heavy atom. The van der Waals surface area contributed by atoms with Gasteiger partial charge in [0.05, 0.1) is 7.11 Å². The lowest BCUT2D eigenvalue weighted by atomic mass is 9.99. The third-order valence-electron chi connectivity index (χ3n) is 3.37. The first-order valence-corrected chi connectivity index (χ1v) is 6.74. The molecule has 2 rings (SSSR count). The molecular formula is C18H18O3. The van der Waals surface area contributed by atoms with Crippen molar-refractivity contribution in [3.05, 3.63) is 66.2 Å². The molecule has 108 valence electrons. The molecule has 0 aliphatic carbocycles. The summed E-state index contributed by atoms with van der Waals surface area (Å²) in [4.78, 5) is 10.8. The maximum absolute atomic E-state index is 10.8. The third-order valence-corrected chi connectivity index (χ3v) is 3.37. The summed E-state index contributed by atoms with van der Waals surface area (Å²) >= 11 is 0. The number of ether oxygens (including phenoxy) is 1. The Morgan fingerprint density at radius 3 is 2.48 bits per heavy atom. The molecule has 0 unspecified atom stereocenters. The van der Waals surface area contributed by atoms with E-state index in [1.54, 1.807) is 7.11 Å². The lowest BCUT2D eigenvalue weighted by molar-refractivity contribution is -0.132. The van der Waals surface area contributed by atoms with Crippen molar-refractivity contribution >= 4 is 5.97 Å². The molecule has 0 radical (unpaired) electrons. The van der Waals surface area contributed by atoms with Crippen LogP contribution in [0.1, 0.15) is 12.0 Å². The number of methoxy groups -OCH3 is 1. The van der Waals surface area contributed by atoms with Crippen molar-refractivity contribution in [3.8, 4) is 16.9 Å². The monoisotopic (exact) mass is 282 g/mol. The quantitative estimate of drug-likeness (QED) is 0.816. The van der Waals surface area contributed by atoms with Gasteiger partial charge in [0.15, 0.2) is 0 Å². The Balaban J connectivity index is 2.13. The molecule has 2 aromatic carbocycles. The maximum Gasteiger partial charge on any atom is 0.330 e. The zero-order valence-electron chi connectivity index (χ0n) is 12.0. The topological polar surface area (TPSA) is 46.5 Å². The Bertz CT molecular complexity index is 642. The van der Waals surface area contributed by atoms with Gasteiger partial charge in [0, 0.05) is 5.57 Å². The van der Waals surface area contributed by atoms with Crippen LogP contribution in [0.3, 0.4) is 0 Å². The highest BCUT2D eigenvalue weighted by Crippen LogP contribution is 2.23. The average molecular weight is 282 g/mol. The van der Waals surface area contributed by atoms with Crippen LogP contribution in [0, 0.1) is 0 Å². The fraction of sp³-hybridized carbons (Fsp3) is 0.167. The van der Waals surface area contributed by atoms with E-state index in [9.17, 15) is 4.79 Å². The Kier molecular flexibility index (Phi) is 4.77. The van der Waals surface area contributed by atoms with Crippen molar-refractivity contribution in [1.29, 1.82) is 0 Å². The normalized spacial score (nSPS) is 10.1. The molecule has 0 saturated carbocycles. The molecule has 3 heteroatoms. The number of hydrogen-bond acceptors (Lipinski definition) is 2. The van der Waals surface area contributed by atoms with Gasteiger partial charge in [-0.2, -0.15) is 0 Å². The molecular weight excluding hydrogens is 264 g/mol. The largest absolute Gasteiger partial charge is 0.497 e. The third kappa shape index (κ3) is 3.96.